The number of hydrogen-bond donors (Lipinski definition) is 0. The van der Waals surface area contributed by atoms with Crippen LogP contribution in [0.2, 0.25) is 0 Å². The molecule has 0 aromatic heterocycles. The normalized spacial score (nSPS) is 18.2. The van der Waals surface area contributed by atoms with E-state index < -0.39 is 0 Å². The molecule has 0 atom stereocenters. The molecule has 0 radical (unpaired) electrons. The number of carbonyl (C=O) groups excluding carboxylic acids is 1. The molecule has 0 bridgehead atoms. The van der Waals surface area contributed by atoms with Gasteiger partial charge >= 0.3 is 0 Å². The third-order valence-electron chi connectivity index (χ3n) is 4.04. The van der Waals surface area contributed by atoms with E-state index in [1.807, 2.05) is 0 Å². The van der Waals surface area contributed by atoms with Gasteiger partial charge in [0.15, 0.2) is 5.78 Å². The predicted molar refractivity (Wildman–Crippen MR) is 71.8 cm³/mol. The van der Waals surface area contributed by atoms with Crippen LogP contribution in [0.15, 0.2) is 0 Å². The zero-order valence-corrected chi connectivity index (χ0v) is 11.3. The molecule has 0 aliphatic heterocycles. The van der Waals surface area contributed by atoms with Crippen LogP contribution in [0.3, 0.4) is 0 Å². The van der Waals surface area contributed by atoms with E-state index in [2.05, 4.69) is 24.7 Å². The lowest BCUT2D eigenvalue weighted by Crippen LogP contribution is -2.52. The molecule has 2 heteroatoms. The Kier molecular flexibility index (Phi) is 5.71. The molecule has 1 fully saturated rings. The van der Waals surface area contributed by atoms with E-state index in [9.17, 15) is 4.79 Å². The van der Waals surface area contributed by atoms with Crippen molar-refractivity contribution in [3.05, 3.63) is 0 Å². The SMILES string of the molecule is C#CCCCC(=O)C1(N(CC)CC)CCCC1. The Hall–Kier alpha value is -0.810. The number of hydrogen-bond acceptors (Lipinski definition) is 2. The fourth-order valence-electron chi connectivity index (χ4n) is 3.14. The van der Waals surface area contributed by atoms with Crippen molar-refractivity contribution in [2.45, 2.75) is 64.3 Å². The maximum atomic E-state index is 12.5. The second-order valence-electron chi connectivity index (χ2n) is 4.89. The molecule has 1 aliphatic carbocycles. The van der Waals surface area contributed by atoms with Gasteiger partial charge in [-0.05, 0) is 32.4 Å². The molecule has 1 aliphatic rings. The molecule has 0 aromatic carbocycles. The lowest BCUT2D eigenvalue weighted by molar-refractivity contribution is -0.131. The molecular weight excluding hydrogens is 210 g/mol. The first-order valence-electron chi connectivity index (χ1n) is 6.93. The molecule has 96 valence electrons. The number of Topliss-reactive ketones (excluding diaryl/α,β-unsaturated/α-hetero) is 1. The van der Waals surface area contributed by atoms with Gasteiger partial charge < -0.3 is 0 Å². The van der Waals surface area contributed by atoms with Crippen molar-refractivity contribution in [1.29, 1.82) is 0 Å². The number of rotatable bonds is 7. The van der Waals surface area contributed by atoms with Crippen LogP contribution in [0.4, 0.5) is 0 Å². The summed E-state index contributed by atoms with van der Waals surface area (Å²) in [5.74, 6) is 3.04. The van der Waals surface area contributed by atoms with Crippen LogP contribution in [0.25, 0.3) is 0 Å². The summed E-state index contributed by atoms with van der Waals surface area (Å²) < 4.78 is 0. The monoisotopic (exact) mass is 235 g/mol. The Morgan fingerprint density at radius 2 is 1.88 bits per heavy atom. The Bertz CT molecular complexity index is 280. The molecule has 0 aromatic rings. The summed E-state index contributed by atoms with van der Waals surface area (Å²) in [5.41, 5.74) is -0.155. The van der Waals surface area contributed by atoms with Crippen molar-refractivity contribution in [3.63, 3.8) is 0 Å². The van der Waals surface area contributed by atoms with Gasteiger partial charge in [0.1, 0.15) is 0 Å². The fourth-order valence-corrected chi connectivity index (χ4v) is 3.14. The van der Waals surface area contributed by atoms with Crippen LogP contribution < -0.4 is 0 Å². The highest BCUT2D eigenvalue weighted by atomic mass is 16.1. The van der Waals surface area contributed by atoms with E-state index >= 15 is 0 Å². The summed E-state index contributed by atoms with van der Waals surface area (Å²) in [4.78, 5) is 14.9. The van der Waals surface area contributed by atoms with Crippen LogP contribution >= 0.6 is 0 Å². The highest BCUT2D eigenvalue weighted by Gasteiger charge is 2.43. The van der Waals surface area contributed by atoms with E-state index in [-0.39, 0.29) is 5.54 Å². The van der Waals surface area contributed by atoms with Gasteiger partial charge in [-0.2, -0.15) is 0 Å². The molecule has 0 amide bonds. The first-order chi connectivity index (χ1) is 8.21. The smallest absolute Gasteiger partial charge is 0.153 e. The zero-order chi connectivity index (χ0) is 12.7. The van der Waals surface area contributed by atoms with Gasteiger partial charge in [-0.1, -0.05) is 26.7 Å². The van der Waals surface area contributed by atoms with E-state index in [0.29, 0.717) is 12.2 Å². The number of terminal acetylenes is 1. The van der Waals surface area contributed by atoms with E-state index in [1.165, 1.54) is 12.8 Å². The quantitative estimate of drug-likeness (QED) is 0.499. The molecular formula is C15H25NO. The Morgan fingerprint density at radius 1 is 1.29 bits per heavy atom. The lowest BCUT2D eigenvalue weighted by Gasteiger charge is -2.39. The molecule has 1 saturated carbocycles. The Morgan fingerprint density at radius 3 is 2.35 bits per heavy atom. The second-order valence-corrected chi connectivity index (χ2v) is 4.89. The minimum Gasteiger partial charge on any atom is -0.298 e. The number of ketones is 1. The summed E-state index contributed by atoms with van der Waals surface area (Å²) in [6.45, 7) is 6.24. The van der Waals surface area contributed by atoms with Crippen molar-refractivity contribution in [1.82, 2.24) is 4.90 Å². The highest BCUT2D eigenvalue weighted by molar-refractivity contribution is 5.88. The first-order valence-corrected chi connectivity index (χ1v) is 6.93. The number of unbranched alkanes of at least 4 members (excludes halogenated alkanes) is 1. The molecule has 0 heterocycles. The van der Waals surface area contributed by atoms with Crippen LogP contribution in [-0.4, -0.2) is 29.3 Å². The van der Waals surface area contributed by atoms with Gasteiger partial charge in [0.05, 0.1) is 5.54 Å². The third-order valence-corrected chi connectivity index (χ3v) is 4.04. The zero-order valence-electron chi connectivity index (χ0n) is 11.3. The highest BCUT2D eigenvalue weighted by Crippen LogP contribution is 2.37. The van der Waals surface area contributed by atoms with Gasteiger partial charge in [-0.15, -0.1) is 12.3 Å². The van der Waals surface area contributed by atoms with Crippen molar-refractivity contribution >= 4 is 5.78 Å². The van der Waals surface area contributed by atoms with Gasteiger partial charge in [0, 0.05) is 12.8 Å². The number of carbonyl (C=O) groups is 1. The average Bonchev–Trinajstić information content (AvgIpc) is 2.81. The maximum Gasteiger partial charge on any atom is 0.153 e. The predicted octanol–water partition coefficient (Wildman–Crippen LogP) is 3.01. The van der Waals surface area contributed by atoms with Crippen molar-refractivity contribution in [2.24, 2.45) is 0 Å². The van der Waals surface area contributed by atoms with Crippen LogP contribution in [0.1, 0.15) is 58.8 Å². The standard InChI is InChI=1S/C15H25NO/c1-4-7-8-11-14(17)15(12-9-10-13-15)16(5-2)6-3/h1H,5-13H2,2-3H3. The van der Waals surface area contributed by atoms with Gasteiger partial charge in [-0.3, -0.25) is 9.69 Å². The molecule has 0 unspecified atom stereocenters. The van der Waals surface area contributed by atoms with E-state index in [1.54, 1.807) is 0 Å². The van der Waals surface area contributed by atoms with E-state index in [0.717, 1.165) is 38.8 Å². The topological polar surface area (TPSA) is 20.3 Å². The summed E-state index contributed by atoms with van der Waals surface area (Å²) in [7, 11) is 0. The Labute approximate surface area is 106 Å². The van der Waals surface area contributed by atoms with Crippen LogP contribution in [-0.2, 0) is 4.79 Å². The molecule has 1 rings (SSSR count). The maximum absolute atomic E-state index is 12.5. The van der Waals surface area contributed by atoms with E-state index in [4.69, 9.17) is 6.42 Å². The minimum atomic E-state index is -0.155. The van der Waals surface area contributed by atoms with Crippen molar-refractivity contribution in [2.75, 3.05) is 13.1 Å². The Balaban J connectivity index is 2.70. The average molecular weight is 235 g/mol. The van der Waals surface area contributed by atoms with Crippen molar-refractivity contribution in [3.8, 4) is 12.3 Å². The first kappa shape index (κ1) is 14.3. The number of nitrogens with zero attached hydrogens (tertiary/aromatic N) is 1. The summed E-state index contributed by atoms with van der Waals surface area (Å²) in [5, 5.41) is 0. The van der Waals surface area contributed by atoms with Crippen molar-refractivity contribution < 1.29 is 4.79 Å². The number of likely N-dealkylation sites (N-methyl/N-ethyl adjacent to an activating group) is 1. The van der Waals surface area contributed by atoms with Gasteiger partial charge in [-0.25, -0.2) is 0 Å². The lowest BCUT2D eigenvalue weighted by atomic mass is 9.87. The molecule has 2 nitrogen and oxygen atoms in total. The fraction of sp³-hybridized carbons (Fsp3) is 0.800. The van der Waals surface area contributed by atoms with Gasteiger partial charge in [0.25, 0.3) is 0 Å². The largest absolute Gasteiger partial charge is 0.298 e. The van der Waals surface area contributed by atoms with Crippen LogP contribution in [0.5, 0.6) is 0 Å². The molecule has 0 spiro atoms. The summed E-state index contributed by atoms with van der Waals surface area (Å²) >= 11 is 0. The second kappa shape index (κ2) is 6.81. The molecule has 0 N–H and O–H groups in total. The summed E-state index contributed by atoms with van der Waals surface area (Å²) in [6, 6.07) is 0. The third kappa shape index (κ3) is 3.10. The van der Waals surface area contributed by atoms with Crippen LogP contribution in [0, 0.1) is 12.3 Å². The summed E-state index contributed by atoms with van der Waals surface area (Å²) in [6.07, 6.45) is 11.9. The molecule has 0 saturated heterocycles. The minimum absolute atomic E-state index is 0.155. The molecule has 17 heavy (non-hydrogen) atoms. The van der Waals surface area contributed by atoms with Gasteiger partial charge in [0.2, 0.25) is 0 Å².